The number of nitrogens with zero attached hydrogens (tertiary/aromatic N) is 1. The van der Waals surface area contributed by atoms with E-state index < -0.39 is 0 Å². The Morgan fingerprint density at radius 1 is 1.24 bits per heavy atom. The molecule has 2 rings (SSSR count). The number of ether oxygens (including phenoxy) is 1. The van der Waals surface area contributed by atoms with Crippen molar-refractivity contribution in [3.8, 4) is 0 Å². The molecule has 3 heteroatoms. The summed E-state index contributed by atoms with van der Waals surface area (Å²) in [6, 6.07) is 8.90. The van der Waals surface area contributed by atoms with Gasteiger partial charge in [-0.15, -0.1) is 0 Å². The zero-order valence-electron chi connectivity index (χ0n) is 13.7. The zero-order chi connectivity index (χ0) is 15.5. The summed E-state index contributed by atoms with van der Waals surface area (Å²) in [7, 11) is 1.83. The fraction of sp³-hybridized carbons (Fsp3) is 0.667. The van der Waals surface area contributed by atoms with Crippen molar-refractivity contribution in [3.63, 3.8) is 0 Å². The number of piperidine rings is 1. The zero-order valence-corrected chi connectivity index (χ0v) is 14.5. The van der Waals surface area contributed by atoms with Gasteiger partial charge in [-0.05, 0) is 49.3 Å². The summed E-state index contributed by atoms with van der Waals surface area (Å²) in [4.78, 5) is 2.60. The van der Waals surface area contributed by atoms with E-state index in [2.05, 4.69) is 37.8 Å². The number of methoxy groups -OCH3 is 1. The maximum atomic E-state index is 6.00. The van der Waals surface area contributed by atoms with Gasteiger partial charge >= 0.3 is 0 Å². The Hall–Kier alpha value is -0.570. The van der Waals surface area contributed by atoms with Crippen LogP contribution in [0, 0.1) is 0 Å². The van der Waals surface area contributed by atoms with Gasteiger partial charge in [-0.25, -0.2) is 0 Å². The predicted molar refractivity (Wildman–Crippen MR) is 90.2 cm³/mol. The molecule has 1 aromatic carbocycles. The van der Waals surface area contributed by atoms with Crippen LogP contribution in [0.5, 0.6) is 0 Å². The Bertz CT molecular complexity index is 435. The van der Waals surface area contributed by atoms with Crippen molar-refractivity contribution in [1.29, 1.82) is 0 Å². The van der Waals surface area contributed by atoms with Gasteiger partial charge in [0.25, 0.3) is 0 Å². The average molecular weight is 310 g/mol. The fourth-order valence-electron chi connectivity index (χ4n) is 3.44. The summed E-state index contributed by atoms with van der Waals surface area (Å²) < 4.78 is 5.46. The lowest BCUT2D eigenvalue weighted by molar-refractivity contribution is 0.0258. The molecule has 0 N–H and O–H groups in total. The quantitative estimate of drug-likeness (QED) is 0.793. The third kappa shape index (κ3) is 4.45. The van der Waals surface area contributed by atoms with Crippen molar-refractivity contribution >= 4 is 11.6 Å². The van der Waals surface area contributed by atoms with Gasteiger partial charge in [-0.3, -0.25) is 0 Å². The Morgan fingerprint density at radius 3 is 2.33 bits per heavy atom. The van der Waals surface area contributed by atoms with Crippen LogP contribution >= 0.6 is 11.6 Å². The monoisotopic (exact) mass is 309 g/mol. The SMILES string of the molecule is COC1CCN(C(C)CC(C)(C)c2ccc(Cl)cc2)CC1. The van der Waals surface area contributed by atoms with E-state index in [9.17, 15) is 0 Å². The van der Waals surface area contributed by atoms with Gasteiger partial charge in [-0.1, -0.05) is 37.6 Å². The third-order valence-corrected chi connectivity index (χ3v) is 5.12. The van der Waals surface area contributed by atoms with Gasteiger partial charge in [0.2, 0.25) is 0 Å². The minimum Gasteiger partial charge on any atom is -0.381 e. The van der Waals surface area contributed by atoms with E-state index in [1.165, 1.54) is 5.56 Å². The average Bonchev–Trinajstić information content (AvgIpc) is 2.47. The number of hydrogen-bond acceptors (Lipinski definition) is 2. The fourth-order valence-corrected chi connectivity index (χ4v) is 3.56. The summed E-state index contributed by atoms with van der Waals surface area (Å²) in [6.07, 6.45) is 3.93. The second-order valence-corrected chi connectivity index (χ2v) is 7.35. The van der Waals surface area contributed by atoms with E-state index in [1.54, 1.807) is 0 Å². The Balaban J connectivity index is 1.95. The molecular weight excluding hydrogens is 282 g/mol. The van der Waals surface area contributed by atoms with Crippen LogP contribution in [-0.2, 0) is 10.2 Å². The first-order chi connectivity index (χ1) is 9.92. The van der Waals surface area contributed by atoms with Crippen molar-refractivity contribution in [2.45, 2.75) is 57.6 Å². The molecule has 1 unspecified atom stereocenters. The highest BCUT2D eigenvalue weighted by molar-refractivity contribution is 6.30. The van der Waals surface area contributed by atoms with Crippen LogP contribution in [0.25, 0.3) is 0 Å². The molecule has 0 spiro atoms. The van der Waals surface area contributed by atoms with Crippen molar-refractivity contribution < 1.29 is 4.74 Å². The second-order valence-electron chi connectivity index (χ2n) is 6.91. The maximum absolute atomic E-state index is 6.00. The molecule has 1 saturated heterocycles. The first-order valence-electron chi connectivity index (χ1n) is 7.95. The van der Waals surface area contributed by atoms with E-state index in [-0.39, 0.29) is 5.41 Å². The first kappa shape index (κ1) is 16.8. The molecule has 1 heterocycles. The summed E-state index contributed by atoms with van der Waals surface area (Å²) >= 11 is 6.00. The largest absolute Gasteiger partial charge is 0.381 e. The molecule has 0 amide bonds. The Kier molecular flexibility index (Phi) is 5.70. The van der Waals surface area contributed by atoms with Crippen LogP contribution in [0.15, 0.2) is 24.3 Å². The lowest BCUT2D eigenvalue weighted by Crippen LogP contribution is -2.44. The molecule has 2 nitrogen and oxygen atoms in total. The number of rotatable bonds is 5. The van der Waals surface area contributed by atoms with Gasteiger partial charge in [0, 0.05) is 31.3 Å². The molecule has 0 radical (unpaired) electrons. The minimum absolute atomic E-state index is 0.169. The number of halogens is 1. The molecule has 1 fully saturated rings. The predicted octanol–water partition coefficient (Wildman–Crippen LogP) is 4.51. The topological polar surface area (TPSA) is 12.5 Å². The van der Waals surface area contributed by atoms with E-state index in [1.807, 2.05) is 19.2 Å². The molecule has 0 saturated carbocycles. The van der Waals surface area contributed by atoms with E-state index >= 15 is 0 Å². The molecule has 1 aromatic rings. The Labute approximate surface area is 134 Å². The molecule has 1 atom stereocenters. The van der Waals surface area contributed by atoms with Crippen LogP contribution in [0.1, 0.15) is 45.6 Å². The van der Waals surface area contributed by atoms with Gasteiger partial charge < -0.3 is 9.64 Å². The van der Waals surface area contributed by atoms with Crippen LogP contribution < -0.4 is 0 Å². The number of likely N-dealkylation sites (tertiary alicyclic amines) is 1. The van der Waals surface area contributed by atoms with Crippen LogP contribution in [0.4, 0.5) is 0 Å². The van der Waals surface area contributed by atoms with Crippen molar-refractivity contribution in [2.24, 2.45) is 0 Å². The summed E-state index contributed by atoms with van der Waals surface area (Å²) in [5.74, 6) is 0. The molecule has 1 aliphatic rings. The third-order valence-electron chi connectivity index (χ3n) is 4.86. The first-order valence-corrected chi connectivity index (χ1v) is 8.33. The van der Waals surface area contributed by atoms with Crippen LogP contribution in [-0.4, -0.2) is 37.2 Å². The molecule has 21 heavy (non-hydrogen) atoms. The normalized spacial score (nSPS) is 19.7. The molecule has 118 valence electrons. The second kappa shape index (κ2) is 7.13. The highest BCUT2D eigenvalue weighted by Crippen LogP contribution is 2.31. The Morgan fingerprint density at radius 2 is 1.81 bits per heavy atom. The molecule has 1 aliphatic heterocycles. The van der Waals surface area contributed by atoms with Crippen molar-refractivity contribution in [2.75, 3.05) is 20.2 Å². The molecule has 0 aliphatic carbocycles. The highest BCUT2D eigenvalue weighted by atomic mass is 35.5. The smallest absolute Gasteiger partial charge is 0.0595 e. The van der Waals surface area contributed by atoms with Crippen LogP contribution in [0.3, 0.4) is 0 Å². The van der Waals surface area contributed by atoms with Crippen molar-refractivity contribution in [3.05, 3.63) is 34.9 Å². The molecular formula is C18H28ClNO. The van der Waals surface area contributed by atoms with E-state index in [0.717, 1.165) is 37.4 Å². The van der Waals surface area contributed by atoms with Gasteiger partial charge in [0.05, 0.1) is 6.10 Å². The summed E-state index contributed by atoms with van der Waals surface area (Å²) in [5, 5.41) is 0.809. The number of hydrogen-bond donors (Lipinski definition) is 0. The van der Waals surface area contributed by atoms with Gasteiger partial charge in [-0.2, -0.15) is 0 Å². The summed E-state index contributed by atoms with van der Waals surface area (Å²) in [5.41, 5.74) is 1.53. The van der Waals surface area contributed by atoms with Crippen LogP contribution in [0.2, 0.25) is 5.02 Å². The van der Waals surface area contributed by atoms with E-state index in [0.29, 0.717) is 12.1 Å². The lowest BCUT2D eigenvalue weighted by atomic mass is 9.79. The van der Waals surface area contributed by atoms with E-state index in [4.69, 9.17) is 16.3 Å². The van der Waals surface area contributed by atoms with Gasteiger partial charge in [0.1, 0.15) is 0 Å². The van der Waals surface area contributed by atoms with Gasteiger partial charge in [0.15, 0.2) is 0 Å². The molecule has 0 bridgehead atoms. The standard InChI is InChI=1S/C18H28ClNO/c1-14(20-11-9-17(21-4)10-12-20)13-18(2,3)15-5-7-16(19)8-6-15/h5-8,14,17H,9-13H2,1-4H3. The summed E-state index contributed by atoms with van der Waals surface area (Å²) in [6.45, 7) is 9.31. The lowest BCUT2D eigenvalue weighted by Gasteiger charge is -2.39. The minimum atomic E-state index is 0.169. The maximum Gasteiger partial charge on any atom is 0.0595 e. The molecule has 0 aromatic heterocycles. The number of benzene rings is 1. The highest BCUT2D eigenvalue weighted by Gasteiger charge is 2.28. The van der Waals surface area contributed by atoms with Crippen molar-refractivity contribution in [1.82, 2.24) is 4.90 Å².